The van der Waals surface area contributed by atoms with Crippen LogP contribution in [0.3, 0.4) is 0 Å². The van der Waals surface area contributed by atoms with Crippen molar-refractivity contribution in [3.63, 3.8) is 0 Å². The van der Waals surface area contributed by atoms with E-state index in [1.165, 1.54) is 18.0 Å². The highest BCUT2D eigenvalue weighted by atomic mass is 32.5. The van der Waals surface area contributed by atoms with Gasteiger partial charge in [0.05, 0.1) is 0 Å². The first-order valence-electron chi connectivity index (χ1n) is 8.35. The minimum Gasteiger partial charge on any atom is -0.340 e. The SMILES string of the molecule is C\C=N/C(Nc1ccc(S(F)(F)(F)(F)F)cc1)=C(C)/C(C)=C/N(CC)C(C)=O. The second-order valence-electron chi connectivity index (χ2n) is 6.10. The number of allylic oxidation sites excluding steroid dienone is 2. The number of halogens is 5. The summed E-state index contributed by atoms with van der Waals surface area (Å²) in [6.45, 7) is 8.84. The molecule has 1 aromatic carbocycles. The molecule has 0 saturated carbocycles. The lowest BCUT2D eigenvalue weighted by Gasteiger charge is -2.40. The van der Waals surface area contributed by atoms with E-state index in [1.807, 2.05) is 6.92 Å². The highest BCUT2D eigenvalue weighted by molar-refractivity contribution is 8.45. The van der Waals surface area contributed by atoms with Crippen molar-refractivity contribution in [2.45, 2.75) is 39.5 Å². The summed E-state index contributed by atoms with van der Waals surface area (Å²) in [5.41, 5.74) is 1.50. The van der Waals surface area contributed by atoms with Crippen LogP contribution >= 0.6 is 10.2 Å². The smallest absolute Gasteiger partial charge is 0.310 e. The first-order valence-corrected chi connectivity index (χ1v) is 10.3. The Morgan fingerprint density at radius 3 is 2.04 bits per heavy atom. The van der Waals surface area contributed by atoms with E-state index in [-0.39, 0.29) is 11.6 Å². The van der Waals surface area contributed by atoms with Crippen LogP contribution in [0.1, 0.15) is 34.6 Å². The molecule has 0 aliphatic rings. The molecule has 0 saturated heterocycles. The van der Waals surface area contributed by atoms with Gasteiger partial charge in [0.1, 0.15) is 10.7 Å². The Bertz CT molecular complexity index is 828. The summed E-state index contributed by atoms with van der Waals surface area (Å²) >= 11 is 0. The van der Waals surface area contributed by atoms with E-state index in [0.29, 0.717) is 35.6 Å². The van der Waals surface area contributed by atoms with Crippen molar-refractivity contribution < 1.29 is 24.2 Å². The van der Waals surface area contributed by atoms with Crippen LogP contribution in [0.2, 0.25) is 0 Å². The summed E-state index contributed by atoms with van der Waals surface area (Å²) in [6.07, 6.45) is 3.12. The number of nitrogens with zero attached hydrogens (tertiary/aromatic N) is 2. The summed E-state index contributed by atoms with van der Waals surface area (Å²) in [5.74, 6) is 0.172. The maximum Gasteiger partial charge on any atom is 0.310 e. The molecule has 0 radical (unpaired) electrons. The van der Waals surface area contributed by atoms with Crippen LogP contribution < -0.4 is 5.32 Å². The molecule has 4 nitrogen and oxygen atoms in total. The summed E-state index contributed by atoms with van der Waals surface area (Å²) in [4.78, 5) is 15.2. The van der Waals surface area contributed by atoms with Crippen LogP contribution in [0.15, 0.2) is 57.3 Å². The van der Waals surface area contributed by atoms with E-state index in [9.17, 15) is 24.2 Å². The Morgan fingerprint density at radius 1 is 1.11 bits per heavy atom. The number of rotatable bonds is 7. The molecule has 1 N–H and O–H groups in total. The molecule has 1 amide bonds. The van der Waals surface area contributed by atoms with E-state index in [1.54, 1.807) is 27.0 Å². The van der Waals surface area contributed by atoms with Crippen molar-refractivity contribution in [3.8, 4) is 0 Å². The lowest BCUT2D eigenvalue weighted by molar-refractivity contribution is -0.126. The average Bonchev–Trinajstić information content (AvgIpc) is 2.56. The van der Waals surface area contributed by atoms with Crippen LogP contribution in [0.25, 0.3) is 0 Å². The molecular formula is C18H24F5N3OS. The fraction of sp³-hybridized carbons (Fsp3) is 0.333. The molecule has 28 heavy (non-hydrogen) atoms. The topological polar surface area (TPSA) is 44.7 Å². The Hall–Kier alpha value is -2.36. The largest absolute Gasteiger partial charge is 0.340 e. The predicted molar refractivity (Wildman–Crippen MR) is 105 cm³/mol. The lowest BCUT2D eigenvalue weighted by Crippen LogP contribution is -2.22. The van der Waals surface area contributed by atoms with Crippen molar-refractivity contribution >= 4 is 28.0 Å². The molecule has 10 heteroatoms. The zero-order chi connectivity index (χ0) is 21.8. The van der Waals surface area contributed by atoms with Crippen LogP contribution in [-0.2, 0) is 4.79 Å². The van der Waals surface area contributed by atoms with Gasteiger partial charge in [-0.05, 0) is 63.1 Å². The third kappa shape index (κ3) is 6.66. The predicted octanol–water partition coefficient (Wildman–Crippen LogP) is 6.85. The standard InChI is InChI=1S/C18H24F5N3OS/c1-6-24-18(14(4)13(3)12-26(7-2)15(5)27)25-16-8-10-17(11-9-16)28(19,20,21,22)23/h6,8-12,25H,7H2,1-5H3/b13-12+,18-14-,24-6-. The number of carbonyl (C=O) groups is 1. The Morgan fingerprint density at radius 2 is 1.64 bits per heavy atom. The number of nitrogens with one attached hydrogen (secondary N) is 1. The molecule has 1 aromatic rings. The third-order valence-corrected chi connectivity index (χ3v) is 5.03. The first-order chi connectivity index (χ1) is 12.6. The molecule has 158 valence electrons. The third-order valence-electron chi connectivity index (χ3n) is 3.86. The summed E-state index contributed by atoms with van der Waals surface area (Å²) in [5, 5.41) is 2.82. The van der Waals surface area contributed by atoms with Crippen molar-refractivity contribution in [1.29, 1.82) is 0 Å². The summed E-state index contributed by atoms with van der Waals surface area (Å²) in [7, 11) is -9.71. The average molecular weight is 425 g/mol. The molecule has 0 heterocycles. The van der Waals surface area contributed by atoms with Gasteiger partial charge in [-0.25, -0.2) is 4.99 Å². The minimum atomic E-state index is -9.71. The molecule has 0 aliphatic carbocycles. The number of hydrogen-bond acceptors (Lipinski definition) is 3. The van der Waals surface area contributed by atoms with Gasteiger partial charge < -0.3 is 10.2 Å². The van der Waals surface area contributed by atoms with E-state index >= 15 is 0 Å². The number of carbonyl (C=O) groups excluding carboxylic acids is 1. The van der Waals surface area contributed by atoms with Crippen molar-refractivity contribution in [3.05, 3.63) is 47.4 Å². The van der Waals surface area contributed by atoms with Crippen LogP contribution in [0.5, 0.6) is 0 Å². The fourth-order valence-corrected chi connectivity index (χ4v) is 2.86. The molecule has 0 bridgehead atoms. The van der Waals surface area contributed by atoms with Gasteiger partial charge in [-0.15, -0.1) is 0 Å². The summed E-state index contributed by atoms with van der Waals surface area (Å²) < 4.78 is 64.1. The van der Waals surface area contributed by atoms with Crippen LogP contribution in [-0.4, -0.2) is 23.6 Å². The Labute approximate surface area is 161 Å². The van der Waals surface area contributed by atoms with Gasteiger partial charge in [-0.3, -0.25) is 4.79 Å². The van der Waals surface area contributed by atoms with Crippen molar-refractivity contribution in [1.82, 2.24) is 4.90 Å². The van der Waals surface area contributed by atoms with Crippen molar-refractivity contribution in [2.24, 2.45) is 4.99 Å². The molecule has 1 rings (SSSR count). The molecule has 0 spiro atoms. The molecule has 0 fully saturated rings. The molecule has 0 unspecified atom stereocenters. The van der Waals surface area contributed by atoms with Gasteiger partial charge in [0.2, 0.25) is 5.91 Å². The Kier molecular flexibility index (Phi) is 6.40. The van der Waals surface area contributed by atoms with E-state index < -0.39 is 15.1 Å². The molecule has 0 aromatic heterocycles. The monoisotopic (exact) mass is 425 g/mol. The van der Waals surface area contributed by atoms with E-state index in [4.69, 9.17) is 0 Å². The second kappa shape index (κ2) is 7.57. The second-order valence-corrected chi connectivity index (χ2v) is 8.51. The maximum atomic E-state index is 12.8. The molecule has 0 atom stereocenters. The molecule has 0 aliphatic heterocycles. The number of amides is 1. The van der Waals surface area contributed by atoms with Gasteiger partial charge in [0, 0.05) is 31.6 Å². The summed E-state index contributed by atoms with van der Waals surface area (Å²) in [6, 6.07) is 2.50. The van der Waals surface area contributed by atoms with Gasteiger partial charge >= 0.3 is 10.2 Å². The fourth-order valence-electron chi connectivity index (χ4n) is 2.21. The highest BCUT2D eigenvalue weighted by Gasteiger charge is 2.65. The van der Waals surface area contributed by atoms with Gasteiger partial charge in [-0.1, -0.05) is 19.4 Å². The number of aliphatic imine (C=N–C) groups is 1. The quantitative estimate of drug-likeness (QED) is 0.295. The number of hydrogen-bond donors (Lipinski definition) is 1. The van der Waals surface area contributed by atoms with E-state index in [0.717, 1.165) is 12.1 Å². The van der Waals surface area contributed by atoms with Gasteiger partial charge in [0.25, 0.3) is 0 Å². The number of benzene rings is 1. The van der Waals surface area contributed by atoms with Crippen LogP contribution in [0.4, 0.5) is 25.1 Å². The van der Waals surface area contributed by atoms with Gasteiger partial charge in [-0.2, -0.15) is 0 Å². The highest BCUT2D eigenvalue weighted by Crippen LogP contribution is 3.02. The zero-order valence-corrected chi connectivity index (χ0v) is 17.1. The van der Waals surface area contributed by atoms with Gasteiger partial charge in [0.15, 0.2) is 0 Å². The number of anilines is 1. The normalized spacial score (nSPS) is 16.3. The first kappa shape index (κ1) is 23.7. The van der Waals surface area contributed by atoms with Crippen LogP contribution in [0, 0.1) is 0 Å². The Balaban J connectivity index is 3.25. The van der Waals surface area contributed by atoms with Crippen molar-refractivity contribution in [2.75, 3.05) is 11.9 Å². The maximum absolute atomic E-state index is 12.8. The zero-order valence-electron chi connectivity index (χ0n) is 16.3. The molecular weight excluding hydrogens is 401 g/mol. The van der Waals surface area contributed by atoms with E-state index in [2.05, 4.69) is 10.3 Å². The minimum absolute atomic E-state index is 0.144. The lowest BCUT2D eigenvalue weighted by atomic mass is 10.1.